The van der Waals surface area contributed by atoms with Crippen molar-refractivity contribution in [3.05, 3.63) is 23.3 Å². The van der Waals surface area contributed by atoms with E-state index in [2.05, 4.69) is 95.2 Å². The maximum absolute atomic E-state index is 7.32. The van der Waals surface area contributed by atoms with E-state index in [-0.39, 0.29) is 12.2 Å². The summed E-state index contributed by atoms with van der Waals surface area (Å²) in [6, 6.07) is 14.5. The van der Waals surface area contributed by atoms with Crippen LogP contribution in [0.15, 0.2) is 23.3 Å². The minimum absolute atomic E-state index is 0.276. The Kier molecular flexibility index (Phi) is 19.3. The summed E-state index contributed by atoms with van der Waals surface area (Å²) >= 11 is 0. The van der Waals surface area contributed by atoms with Crippen molar-refractivity contribution >= 4 is 33.3 Å². The fourth-order valence-electron chi connectivity index (χ4n) is 8.66. The quantitative estimate of drug-likeness (QED) is 0.0823. The van der Waals surface area contributed by atoms with Crippen molar-refractivity contribution in [3.63, 3.8) is 0 Å². The lowest BCUT2D eigenvalue weighted by atomic mass is 9.96. The summed E-state index contributed by atoms with van der Waals surface area (Å²) in [4.78, 5) is 0. The van der Waals surface area contributed by atoms with Gasteiger partial charge in [-0.25, -0.2) is 0 Å². The minimum atomic E-state index is -1.74. The standard InChI is InChI=1S/C39H80O4Si4/c1-13-44(14-2,15-3)40-36-27-25-34(30-38(32-36)42-46(19-7,20-8)21-9)29-35-26-28-37(41-45(16-4,17-5)18-6)33-39(31-35)43-47(22-10,23-11)24-12/h25-26,36-39H,13-24,27-33H2,1-12H3/t36-,37+,38+,39-. The van der Waals surface area contributed by atoms with Crippen LogP contribution in [0, 0.1) is 0 Å². The highest BCUT2D eigenvalue weighted by Gasteiger charge is 2.39. The molecule has 2 aliphatic rings. The molecule has 0 spiro atoms. The molecular formula is C39H80O4Si4. The molecule has 0 fully saturated rings. The molecule has 0 radical (unpaired) electrons. The van der Waals surface area contributed by atoms with Crippen LogP contribution in [-0.4, -0.2) is 57.7 Å². The van der Waals surface area contributed by atoms with Crippen LogP contribution in [-0.2, 0) is 17.7 Å². The lowest BCUT2D eigenvalue weighted by molar-refractivity contribution is 0.101. The van der Waals surface area contributed by atoms with Gasteiger partial charge in [-0.15, -0.1) is 0 Å². The fourth-order valence-corrected chi connectivity index (χ4v) is 20.2. The third-order valence-corrected chi connectivity index (χ3v) is 32.0. The highest BCUT2D eigenvalue weighted by molar-refractivity contribution is 6.74. The molecular weight excluding hydrogens is 645 g/mol. The molecule has 4 atom stereocenters. The van der Waals surface area contributed by atoms with Gasteiger partial charge in [-0.1, -0.05) is 106 Å². The van der Waals surface area contributed by atoms with Gasteiger partial charge < -0.3 is 17.7 Å². The van der Waals surface area contributed by atoms with Crippen LogP contribution in [0.5, 0.6) is 0 Å². The van der Waals surface area contributed by atoms with Crippen LogP contribution in [0.3, 0.4) is 0 Å². The first kappa shape index (κ1) is 43.4. The van der Waals surface area contributed by atoms with Crippen LogP contribution < -0.4 is 0 Å². The van der Waals surface area contributed by atoms with Crippen molar-refractivity contribution in [2.45, 2.75) is 225 Å². The molecule has 2 rings (SSSR count). The van der Waals surface area contributed by atoms with Crippen molar-refractivity contribution in [1.29, 1.82) is 0 Å². The summed E-state index contributed by atoms with van der Waals surface area (Å²) in [5.41, 5.74) is 3.16. The van der Waals surface area contributed by atoms with Crippen LogP contribution in [0.2, 0.25) is 72.5 Å². The van der Waals surface area contributed by atoms with Gasteiger partial charge in [-0.3, -0.25) is 0 Å². The van der Waals surface area contributed by atoms with Crippen molar-refractivity contribution in [2.24, 2.45) is 0 Å². The molecule has 0 unspecified atom stereocenters. The molecule has 0 aromatic heterocycles. The van der Waals surface area contributed by atoms with E-state index in [9.17, 15) is 0 Å². The zero-order valence-corrected chi connectivity index (χ0v) is 37.5. The van der Waals surface area contributed by atoms with E-state index in [1.54, 1.807) is 11.1 Å². The van der Waals surface area contributed by atoms with Gasteiger partial charge in [0.15, 0.2) is 33.3 Å². The van der Waals surface area contributed by atoms with E-state index in [0.29, 0.717) is 12.2 Å². The summed E-state index contributed by atoms with van der Waals surface area (Å²) in [7, 11) is -6.88. The molecule has 4 nitrogen and oxygen atoms in total. The van der Waals surface area contributed by atoms with Gasteiger partial charge in [0.25, 0.3) is 0 Å². The largest absolute Gasteiger partial charge is 0.414 e. The van der Waals surface area contributed by atoms with Crippen molar-refractivity contribution in [3.8, 4) is 0 Å². The maximum atomic E-state index is 7.32. The zero-order valence-electron chi connectivity index (χ0n) is 33.5. The Balaban J connectivity index is 2.44. The molecule has 0 bridgehead atoms. The van der Waals surface area contributed by atoms with Crippen molar-refractivity contribution < 1.29 is 17.7 Å². The summed E-state index contributed by atoms with van der Waals surface area (Å²) in [5.74, 6) is 0. The molecule has 0 aliphatic heterocycles. The lowest BCUT2D eigenvalue weighted by Crippen LogP contribution is -2.43. The van der Waals surface area contributed by atoms with Crippen molar-refractivity contribution in [2.75, 3.05) is 0 Å². The second kappa shape index (κ2) is 20.9. The molecule has 47 heavy (non-hydrogen) atoms. The monoisotopic (exact) mass is 725 g/mol. The predicted octanol–water partition coefficient (Wildman–Crippen LogP) is 13.2. The van der Waals surface area contributed by atoms with Gasteiger partial charge >= 0.3 is 0 Å². The first-order valence-corrected chi connectivity index (χ1v) is 30.7. The SMILES string of the molecule is CC[Si](CC)(CC)O[C@@H]1CC=C(CC2=CC[C@H](O[Si](CC)(CC)CC)C[C@H](O[Si](CC)(CC)CC)C2)C[C@H](O[Si](CC)(CC)CC)C1. The fraction of sp³-hybridized carbons (Fsp3) is 0.897. The lowest BCUT2D eigenvalue weighted by Gasteiger charge is -2.37. The molecule has 0 amide bonds. The minimum Gasteiger partial charge on any atom is -0.414 e. The normalized spacial score (nSPS) is 23.7. The molecule has 0 heterocycles. The summed E-state index contributed by atoms with van der Waals surface area (Å²) < 4.78 is 29.0. The summed E-state index contributed by atoms with van der Waals surface area (Å²) in [6.07, 6.45) is 13.7. The highest BCUT2D eigenvalue weighted by Crippen LogP contribution is 2.38. The zero-order chi connectivity index (χ0) is 35.1. The second-order valence-corrected chi connectivity index (χ2v) is 34.1. The van der Waals surface area contributed by atoms with E-state index in [1.807, 2.05) is 0 Å². The first-order chi connectivity index (χ1) is 22.5. The molecule has 0 aromatic carbocycles. The Labute approximate surface area is 298 Å². The van der Waals surface area contributed by atoms with Gasteiger partial charge in [0.1, 0.15) is 0 Å². The smallest absolute Gasteiger partial charge is 0.192 e. The predicted molar refractivity (Wildman–Crippen MR) is 217 cm³/mol. The van der Waals surface area contributed by atoms with Crippen LogP contribution >= 0.6 is 0 Å². The Morgan fingerprint density at radius 2 is 0.638 bits per heavy atom. The average Bonchev–Trinajstić information content (AvgIpc) is 3.42. The second-order valence-electron chi connectivity index (χ2n) is 15.2. The number of hydrogen-bond acceptors (Lipinski definition) is 4. The van der Waals surface area contributed by atoms with Crippen LogP contribution in [0.1, 0.15) is 128 Å². The summed E-state index contributed by atoms with van der Waals surface area (Å²) in [5, 5.41) is 0. The van der Waals surface area contributed by atoms with Gasteiger partial charge in [0.05, 0.1) is 24.4 Å². The Morgan fingerprint density at radius 3 is 0.872 bits per heavy atom. The third-order valence-electron chi connectivity index (χ3n) is 13.2. The van der Waals surface area contributed by atoms with Crippen molar-refractivity contribution in [1.82, 2.24) is 0 Å². The average molecular weight is 725 g/mol. The Bertz CT molecular complexity index is 830. The molecule has 2 aliphatic carbocycles. The van der Waals surface area contributed by atoms with Gasteiger partial charge in [0.2, 0.25) is 0 Å². The van der Waals surface area contributed by atoms with E-state index >= 15 is 0 Å². The Morgan fingerprint density at radius 1 is 0.404 bits per heavy atom. The van der Waals surface area contributed by atoms with Crippen LogP contribution in [0.4, 0.5) is 0 Å². The first-order valence-electron chi connectivity index (χ1n) is 20.6. The van der Waals surface area contributed by atoms with E-state index in [0.717, 1.165) is 44.9 Å². The molecule has 0 N–H and O–H groups in total. The Hall–Kier alpha value is 0.188. The molecule has 276 valence electrons. The molecule has 8 heteroatoms. The number of rotatable bonds is 22. The number of hydrogen-bond donors (Lipinski definition) is 0. The highest BCUT2D eigenvalue weighted by atomic mass is 28.4. The van der Waals surface area contributed by atoms with E-state index in [4.69, 9.17) is 17.7 Å². The third kappa shape index (κ3) is 12.1. The molecule has 0 saturated carbocycles. The van der Waals surface area contributed by atoms with E-state index < -0.39 is 33.3 Å². The topological polar surface area (TPSA) is 36.9 Å². The summed E-state index contributed by atoms with van der Waals surface area (Å²) in [6.45, 7) is 28.4. The van der Waals surface area contributed by atoms with Gasteiger partial charge in [-0.05, 0) is 117 Å². The van der Waals surface area contributed by atoms with E-state index in [1.165, 1.54) is 72.5 Å². The van der Waals surface area contributed by atoms with Gasteiger partial charge in [0, 0.05) is 0 Å². The molecule has 0 saturated heterocycles. The molecule has 0 aromatic rings. The maximum Gasteiger partial charge on any atom is 0.192 e. The van der Waals surface area contributed by atoms with Crippen LogP contribution in [0.25, 0.3) is 0 Å². The van der Waals surface area contributed by atoms with Gasteiger partial charge in [-0.2, -0.15) is 0 Å².